The van der Waals surface area contributed by atoms with Gasteiger partial charge in [-0.3, -0.25) is 14.9 Å². The van der Waals surface area contributed by atoms with Gasteiger partial charge in [0, 0.05) is 38.3 Å². The summed E-state index contributed by atoms with van der Waals surface area (Å²) in [6, 6.07) is 17.3. The van der Waals surface area contributed by atoms with Gasteiger partial charge in [0.05, 0.1) is 10.6 Å². The van der Waals surface area contributed by atoms with Gasteiger partial charge in [-0.1, -0.05) is 53.8 Å². The van der Waals surface area contributed by atoms with E-state index in [1.807, 2.05) is 73.6 Å². The van der Waals surface area contributed by atoms with E-state index in [0.29, 0.717) is 15.7 Å². The highest BCUT2D eigenvalue weighted by atomic mass is 32.1. The summed E-state index contributed by atoms with van der Waals surface area (Å²) in [5, 5.41) is 3.15. The highest BCUT2D eigenvalue weighted by molar-refractivity contribution is 7.18. The van der Waals surface area contributed by atoms with Crippen molar-refractivity contribution in [3.05, 3.63) is 71.1 Å². The van der Waals surface area contributed by atoms with Crippen molar-refractivity contribution in [3.63, 3.8) is 0 Å². The summed E-state index contributed by atoms with van der Waals surface area (Å²) in [6.45, 7) is 1.50. The SMILES string of the molecule is CC(=O)c1sc(NC(=O)/C=C/c2ccc(N(C)C)cc2)nc1-c1ccccc1. The van der Waals surface area contributed by atoms with Crippen molar-refractivity contribution in [2.24, 2.45) is 0 Å². The van der Waals surface area contributed by atoms with Crippen LogP contribution in [-0.2, 0) is 4.79 Å². The summed E-state index contributed by atoms with van der Waals surface area (Å²) in [5.41, 5.74) is 3.46. The number of Topliss-reactive ketones (excluding diaryl/α,β-unsaturated/α-hetero) is 1. The van der Waals surface area contributed by atoms with Crippen LogP contribution >= 0.6 is 11.3 Å². The van der Waals surface area contributed by atoms with Gasteiger partial charge in [0.15, 0.2) is 10.9 Å². The fourth-order valence-corrected chi connectivity index (χ4v) is 3.49. The number of benzene rings is 2. The molecule has 1 heterocycles. The third-order valence-corrected chi connectivity index (χ3v) is 5.13. The average molecular weight is 391 g/mol. The van der Waals surface area contributed by atoms with E-state index >= 15 is 0 Å². The second kappa shape index (κ2) is 8.63. The van der Waals surface area contributed by atoms with Crippen molar-refractivity contribution in [1.82, 2.24) is 4.98 Å². The summed E-state index contributed by atoms with van der Waals surface area (Å²) >= 11 is 1.19. The van der Waals surface area contributed by atoms with Gasteiger partial charge < -0.3 is 4.90 Å². The zero-order chi connectivity index (χ0) is 20.1. The summed E-state index contributed by atoms with van der Waals surface area (Å²) < 4.78 is 0. The van der Waals surface area contributed by atoms with Crippen molar-refractivity contribution in [2.75, 3.05) is 24.3 Å². The zero-order valence-electron chi connectivity index (χ0n) is 16.0. The second-order valence-electron chi connectivity index (χ2n) is 6.43. The standard InChI is InChI=1S/C22H21N3O2S/c1-15(26)21-20(17-7-5-4-6-8-17)24-22(28-21)23-19(27)14-11-16-9-12-18(13-10-16)25(2)3/h4-14H,1-3H3,(H,23,24,27)/b14-11+. The molecule has 1 aromatic heterocycles. The van der Waals surface area contributed by atoms with Gasteiger partial charge in [-0.05, 0) is 23.8 Å². The highest BCUT2D eigenvalue weighted by Gasteiger charge is 2.17. The molecule has 3 rings (SSSR count). The van der Waals surface area contributed by atoms with Gasteiger partial charge in [0.25, 0.3) is 0 Å². The molecule has 0 bridgehead atoms. The number of aromatic nitrogens is 1. The van der Waals surface area contributed by atoms with Gasteiger partial charge in [0.2, 0.25) is 5.91 Å². The van der Waals surface area contributed by atoms with Gasteiger partial charge in [0.1, 0.15) is 0 Å². The van der Waals surface area contributed by atoms with Crippen molar-refractivity contribution < 1.29 is 9.59 Å². The van der Waals surface area contributed by atoms with E-state index in [2.05, 4.69) is 10.3 Å². The number of thiazole rings is 1. The molecule has 0 aliphatic carbocycles. The lowest BCUT2D eigenvalue weighted by molar-refractivity contribution is -0.111. The first-order valence-corrected chi connectivity index (χ1v) is 9.59. The zero-order valence-corrected chi connectivity index (χ0v) is 16.8. The molecule has 3 aromatic rings. The maximum Gasteiger partial charge on any atom is 0.250 e. The third-order valence-electron chi connectivity index (χ3n) is 4.06. The number of anilines is 2. The molecule has 2 aromatic carbocycles. The summed E-state index contributed by atoms with van der Waals surface area (Å²) in [7, 11) is 3.96. The van der Waals surface area contributed by atoms with E-state index in [-0.39, 0.29) is 11.7 Å². The Kier molecular flexibility index (Phi) is 6.01. The van der Waals surface area contributed by atoms with Crippen LogP contribution in [0.3, 0.4) is 0 Å². The molecule has 0 aliphatic rings. The molecule has 0 unspecified atom stereocenters. The van der Waals surface area contributed by atoms with Crippen molar-refractivity contribution >= 4 is 39.9 Å². The number of rotatable bonds is 6. The summed E-state index contributed by atoms with van der Waals surface area (Å²) in [6.07, 6.45) is 3.20. The minimum Gasteiger partial charge on any atom is -0.378 e. The molecule has 1 amide bonds. The molecule has 0 radical (unpaired) electrons. The molecule has 0 spiro atoms. The molecule has 142 valence electrons. The van der Waals surface area contributed by atoms with Crippen LogP contribution < -0.4 is 10.2 Å². The van der Waals surface area contributed by atoms with Crippen LogP contribution in [0.15, 0.2) is 60.7 Å². The predicted octanol–water partition coefficient (Wildman–Crippen LogP) is 4.73. The summed E-state index contributed by atoms with van der Waals surface area (Å²) in [5.74, 6) is -0.367. The van der Waals surface area contributed by atoms with E-state index in [1.165, 1.54) is 24.3 Å². The lowest BCUT2D eigenvalue weighted by Crippen LogP contribution is -2.08. The molecule has 6 heteroatoms. The Hall–Kier alpha value is -3.25. The Balaban J connectivity index is 1.74. The van der Waals surface area contributed by atoms with E-state index in [0.717, 1.165) is 16.8 Å². The molecule has 5 nitrogen and oxygen atoms in total. The first-order chi connectivity index (χ1) is 13.4. The minimum absolute atomic E-state index is 0.0756. The topological polar surface area (TPSA) is 62.3 Å². The number of nitrogens with one attached hydrogen (secondary N) is 1. The minimum atomic E-state index is -0.292. The van der Waals surface area contributed by atoms with E-state index < -0.39 is 0 Å². The molecular formula is C22H21N3O2S. The molecule has 0 atom stereocenters. The maximum atomic E-state index is 12.3. The number of carbonyl (C=O) groups is 2. The van der Waals surface area contributed by atoms with Crippen molar-refractivity contribution in [2.45, 2.75) is 6.92 Å². The fourth-order valence-electron chi connectivity index (χ4n) is 2.61. The predicted molar refractivity (Wildman–Crippen MR) is 116 cm³/mol. The van der Waals surface area contributed by atoms with Crippen LogP contribution in [0.2, 0.25) is 0 Å². The number of nitrogens with zero attached hydrogens (tertiary/aromatic N) is 2. The lowest BCUT2D eigenvalue weighted by Gasteiger charge is -2.11. The molecule has 0 aliphatic heterocycles. The highest BCUT2D eigenvalue weighted by Crippen LogP contribution is 2.31. The number of ketones is 1. The molecule has 1 N–H and O–H groups in total. The Morgan fingerprint density at radius 1 is 1.04 bits per heavy atom. The van der Waals surface area contributed by atoms with Crippen LogP contribution in [-0.4, -0.2) is 30.8 Å². The maximum absolute atomic E-state index is 12.3. The summed E-state index contributed by atoms with van der Waals surface area (Å²) in [4.78, 5) is 31.2. The quantitative estimate of drug-likeness (QED) is 0.487. The Bertz CT molecular complexity index is 1010. The van der Waals surface area contributed by atoms with Crippen LogP contribution in [0.5, 0.6) is 0 Å². The largest absolute Gasteiger partial charge is 0.378 e. The Labute approximate surface area is 168 Å². The van der Waals surface area contributed by atoms with E-state index in [1.54, 1.807) is 6.08 Å². The smallest absolute Gasteiger partial charge is 0.250 e. The van der Waals surface area contributed by atoms with Crippen molar-refractivity contribution in [3.8, 4) is 11.3 Å². The number of hydrogen-bond acceptors (Lipinski definition) is 5. The van der Waals surface area contributed by atoms with Crippen LogP contribution in [0.25, 0.3) is 17.3 Å². The van der Waals surface area contributed by atoms with E-state index in [9.17, 15) is 9.59 Å². The second-order valence-corrected chi connectivity index (χ2v) is 7.43. The average Bonchev–Trinajstić information content (AvgIpc) is 3.11. The van der Waals surface area contributed by atoms with Gasteiger partial charge in [-0.2, -0.15) is 0 Å². The molecule has 0 fully saturated rings. The van der Waals surface area contributed by atoms with Gasteiger partial charge in [-0.15, -0.1) is 0 Å². The molecular weight excluding hydrogens is 370 g/mol. The van der Waals surface area contributed by atoms with Gasteiger partial charge in [-0.25, -0.2) is 4.98 Å². The van der Waals surface area contributed by atoms with Gasteiger partial charge >= 0.3 is 0 Å². The van der Waals surface area contributed by atoms with Crippen LogP contribution in [0.4, 0.5) is 10.8 Å². The molecule has 28 heavy (non-hydrogen) atoms. The fraction of sp³-hybridized carbons (Fsp3) is 0.136. The molecule has 0 saturated heterocycles. The normalized spacial score (nSPS) is 10.8. The molecule has 0 saturated carbocycles. The van der Waals surface area contributed by atoms with E-state index in [4.69, 9.17) is 0 Å². The number of hydrogen-bond donors (Lipinski definition) is 1. The Morgan fingerprint density at radius 2 is 1.71 bits per heavy atom. The van der Waals surface area contributed by atoms with Crippen LogP contribution in [0.1, 0.15) is 22.2 Å². The van der Waals surface area contributed by atoms with Crippen molar-refractivity contribution in [1.29, 1.82) is 0 Å². The Morgan fingerprint density at radius 3 is 2.32 bits per heavy atom. The van der Waals surface area contributed by atoms with Crippen LogP contribution in [0, 0.1) is 0 Å². The third kappa shape index (κ3) is 4.72. The first kappa shape index (κ1) is 19.5. The number of amides is 1. The monoisotopic (exact) mass is 391 g/mol. The number of carbonyl (C=O) groups excluding carboxylic acids is 2. The lowest BCUT2D eigenvalue weighted by atomic mass is 10.1. The first-order valence-electron chi connectivity index (χ1n) is 8.77.